The highest BCUT2D eigenvalue weighted by Gasteiger charge is 2.53. The van der Waals surface area contributed by atoms with Crippen LogP contribution in [0.1, 0.15) is 37.7 Å². The molecule has 6 heteroatoms. The molecular formula is C21H30N2O3S. The molecule has 0 aromatic heterocycles. The lowest BCUT2D eigenvalue weighted by Gasteiger charge is -2.32. The van der Waals surface area contributed by atoms with Crippen LogP contribution in [-0.2, 0) is 21.3 Å². The van der Waals surface area contributed by atoms with Crippen LogP contribution >= 0.6 is 0 Å². The van der Waals surface area contributed by atoms with Gasteiger partial charge in [-0.3, -0.25) is 0 Å². The zero-order valence-corrected chi connectivity index (χ0v) is 16.7. The minimum Gasteiger partial charge on any atom is -0.379 e. The number of nitrogens with one attached hydrogen (secondary N) is 1. The molecule has 4 fully saturated rings. The molecule has 5 atom stereocenters. The van der Waals surface area contributed by atoms with Crippen LogP contribution in [0.25, 0.3) is 0 Å². The van der Waals surface area contributed by atoms with Crippen molar-refractivity contribution in [3.63, 3.8) is 0 Å². The highest BCUT2D eigenvalue weighted by molar-refractivity contribution is 7.89. The molecule has 1 N–H and O–H groups in total. The largest absolute Gasteiger partial charge is 0.379 e. The maximum atomic E-state index is 12.7. The Balaban J connectivity index is 1.20. The number of hydrogen-bond acceptors (Lipinski definition) is 4. The summed E-state index contributed by atoms with van der Waals surface area (Å²) in [4.78, 5) is 0.391. The highest BCUT2D eigenvalue weighted by atomic mass is 32.2. The van der Waals surface area contributed by atoms with Crippen LogP contribution in [0, 0.1) is 23.7 Å². The van der Waals surface area contributed by atoms with Gasteiger partial charge in [-0.05, 0) is 67.1 Å². The van der Waals surface area contributed by atoms with Gasteiger partial charge in [-0.25, -0.2) is 8.42 Å². The van der Waals surface area contributed by atoms with Crippen LogP contribution < -0.4 is 5.32 Å². The number of fused-ring (bicyclic) bond motifs is 5. The average Bonchev–Trinajstić information content (AvgIpc) is 3.41. The highest BCUT2D eigenvalue weighted by Crippen LogP contribution is 2.58. The van der Waals surface area contributed by atoms with Crippen molar-refractivity contribution < 1.29 is 13.2 Å². The summed E-state index contributed by atoms with van der Waals surface area (Å²) in [6.45, 7) is 2.68. The van der Waals surface area contributed by atoms with Crippen LogP contribution in [0.2, 0.25) is 0 Å². The predicted molar refractivity (Wildman–Crippen MR) is 104 cm³/mol. The zero-order chi connectivity index (χ0) is 18.4. The molecule has 0 radical (unpaired) electrons. The van der Waals surface area contributed by atoms with Crippen molar-refractivity contribution in [3.05, 3.63) is 29.8 Å². The summed E-state index contributed by atoms with van der Waals surface area (Å²) in [5, 5.41) is 3.79. The minimum atomic E-state index is -3.39. The van der Waals surface area contributed by atoms with Crippen molar-refractivity contribution in [1.82, 2.24) is 9.62 Å². The Labute approximate surface area is 162 Å². The molecular weight excluding hydrogens is 360 g/mol. The minimum absolute atomic E-state index is 0.391. The molecule has 3 aliphatic carbocycles. The van der Waals surface area contributed by atoms with Crippen LogP contribution in [0.4, 0.5) is 0 Å². The fourth-order valence-corrected chi connectivity index (χ4v) is 7.67. The Morgan fingerprint density at radius 3 is 2.52 bits per heavy atom. The van der Waals surface area contributed by atoms with Crippen LogP contribution in [0.3, 0.4) is 0 Å². The first-order chi connectivity index (χ1) is 13.1. The topological polar surface area (TPSA) is 58.6 Å². The third-order valence-electron chi connectivity index (χ3n) is 7.53. The van der Waals surface area contributed by atoms with E-state index in [1.54, 1.807) is 12.1 Å². The summed E-state index contributed by atoms with van der Waals surface area (Å²) in [5.74, 6) is 3.84. The van der Waals surface area contributed by atoms with Gasteiger partial charge in [-0.1, -0.05) is 18.6 Å². The van der Waals surface area contributed by atoms with E-state index in [1.165, 1.54) is 42.0 Å². The lowest BCUT2D eigenvalue weighted by Crippen LogP contribution is -2.40. The van der Waals surface area contributed by atoms with Gasteiger partial charge in [0.1, 0.15) is 0 Å². The first-order valence-electron chi connectivity index (χ1n) is 10.5. The van der Waals surface area contributed by atoms with Gasteiger partial charge in [0.25, 0.3) is 0 Å². The fraction of sp³-hybridized carbons (Fsp3) is 0.714. The number of ether oxygens (including phenoxy) is 1. The van der Waals surface area contributed by atoms with E-state index in [0.717, 1.165) is 30.2 Å². The van der Waals surface area contributed by atoms with Crippen LogP contribution in [0.5, 0.6) is 0 Å². The van der Waals surface area contributed by atoms with E-state index in [4.69, 9.17) is 4.74 Å². The molecule has 5 rings (SSSR count). The molecule has 4 aliphatic rings. The second-order valence-electron chi connectivity index (χ2n) is 8.80. The Bertz CT molecular complexity index is 773. The summed E-state index contributed by atoms with van der Waals surface area (Å²) < 4.78 is 32.2. The molecule has 5 nitrogen and oxygen atoms in total. The van der Waals surface area contributed by atoms with Crippen molar-refractivity contribution in [2.75, 3.05) is 26.3 Å². The van der Waals surface area contributed by atoms with E-state index >= 15 is 0 Å². The van der Waals surface area contributed by atoms with Gasteiger partial charge in [0.05, 0.1) is 18.1 Å². The second kappa shape index (κ2) is 7.14. The average molecular weight is 391 g/mol. The number of hydrogen-bond donors (Lipinski definition) is 1. The molecule has 1 aliphatic heterocycles. The molecule has 0 spiro atoms. The standard InChI is InChI=1S/C21H30N2O3S/c24-27(25,23-8-10-26-11-9-23)17-6-4-15(5-7-17)14-22-21-13-16-12-20(21)19-3-1-2-18(16)19/h4-7,16,18-22H,1-3,8-14H2/t16-,18-,19+,20-,21-/m1/s1. The predicted octanol–water partition coefficient (Wildman–Crippen LogP) is 2.62. The second-order valence-corrected chi connectivity index (χ2v) is 10.7. The van der Waals surface area contributed by atoms with Gasteiger partial charge < -0.3 is 10.1 Å². The molecule has 0 amide bonds. The molecule has 27 heavy (non-hydrogen) atoms. The third-order valence-corrected chi connectivity index (χ3v) is 9.44. The summed E-state index contributed by atoms with van der Waals surface area (Å²) >= 11 is 0. The van der Waals surface area contributed by atoms with Gasteiger partial charge in [0.2, 0.25) is 10.0 Å². The Morgan fingerprint density at radius 1 is 1.00 bits per heavy atom. The first kappa shape index (κ1) is 18.1. The quantitative estimate of drug-likeness (QED) is 0.840. The molecule has 148 valence electrons. The Hall–Kier alpha value is -0.950. The van der Waals surface area contributed by atoms with E-state index in [9.17, 15) is 8.42 Å². The molecule has 1 saturated heterocycles. The lowest BCUT2D eigenvalue weighted by atomic mass is 9.79. The van der Waals surface area contributed by atoms with Gasteiger partial charge >= 0.3 is 0 Å². The van der Waals surface area contributed by atoms with E-state index in [-0.39, 0.29) is 0 Å². The van der Waals surface area contributed by atoms with Gasteiger partial charge in [-0.15, -0.1) is 0 Å². The Kier molecular flexibility index (Phi) is 4.79. The SMILES string of the molecule is O=S(=O)(c1ccc(CN[C@@H]2C[C@H]3C[C@@H]2[C@H]2CCC[C@H]32)cc1)N1CCOCC1. The number of rotatable bonds is 5. The van der Waals surface area contributed by atoms with Crippen molar-refractivity contribution in [2.45, 2.75) is 49.6 Å². The van der Waals surface area contributed by atoms with Crippen molar-refractivity contribution in [1.29, 1.82) is 0 Å². The van der Waals surface area contributed by atoms with E-state index in [0.29, 0.717) is 37.2 Å². The molecule has 3 saturated carbocycles. The Morgan fingerprint density at radius 2 is 1.74 bits per heavy atom. The number of sulfonamides is 1. The summed E-state index contributed by atoms with van der Waals surface area (Å²) in [7, 11) is -3.39. The molecule has 2 bridgehead atoms. The molecule has 0 unspecified atom stereocenters. The van der Waals surface area contributed by atoms with E-state index < -0.39 is 10.0 Å². The van der Waals surface area contributed by atoms with Crippen LogP contribution in [0.15, 0.2) is 29.2 Å². The summed E-state index contributed by atoms with van der Waals surface area (Å²) in [6.07, 6.45) is 7.13. The lowest BCUT2D eigenvalue weighted by molar-refractivity contribution is 0.0730. The molecule has 1 aromatic carbocycles. The molecule has 1 aromatic rings. The van der Waals surface area contributed by atoms with Crippen molar-refractivity contribution in [3.8, 4) is 0 Å². The smallest absolute Gasteiger partial charge is 0.243 e. The molecule has 1 heterocycles. The summed E-state index contributed by atoms with van der Waals surface area (Å²) in [6, 6.07) is 8.11. The summed E-state index contributed by atoms with van der Waals surface area (Å²) in [5.41, 5.74) is 1.17. The first-order valence-corrected chi connectivity index (χ1v) is 12.0. The van der Waals surface area contributed by atoms with Crippen LogP contribution in [-0.4, -0.2) is 45.1 Å². The van der Waals surface area contributed by atoms with Gasteiger partial charge in [0, 0.05) is 25.7 Å². The zero-order valence-electron chi connectivity index (χ0n) is 15.8. The van der Waals surface area contributed by atoms with Gasteiger partial charge in [0.15, 0.2) is 0 Å². The van der Waals surface area contributed by atoms with E-state index in [2.05, 4.69) is 5.32 Å². The van der Waals surface area contributed by atoms with E-state index in [1.807, 2.05) is 12.1 Å². The van der Waals surface area contributed by atoms with Crippen molar-refractivity contribution >= 4 is 10.0 Å². The number of morpholine rings is 1. The normalized spacial score (nSPS) is 36.2. The monoisotopic (exact) mass is 390 g/mol. The fourth-order valence-electron chi connectivity index (χ4n) is 6.27. The number of nitrogens with zero attached hydrogens (tertiary/aromatic N) is 1. The van der Waals surface area contributed by atoms with Gasteiger partial charge in [-0.2, -0.15) is 4.31 Å². The van der Waals surface area contributed by atoms with Crippen molar-refractivity contribution in [2.24, 2.45) is 23.7 Å². The maximum Gasteiger partial charge on any atom is 0.243 e. The number of benzene rings is 1. The maximum absolute atomic E-state index is 12.7. The third kappa shape index (κ3) is 3.24.